The van der Waals surface area contributed by atoms with Crippen LogP contribution in [-0.2, 0) is 0 Å². The lowest BCUT2D eigenvalue weighted by atomic mass is 10.1. The molecule has 0 saturated heterocycles. The molecule has 3 aromatic rings. The van der Waals surface area contributed by atoms with Crippen molar-refractivity contribution in [3.8, 4) is 0 Å². The number of nitrogen functional groups attached to an aromatic ring is 1. The van der Waals surface area contributed by atoms with Gasteiger partial charge in [-0.25, -0.2) is 0 Å². The predicted octanol–water partition coefficient (Wildman–Crippen LogP) is 3.54. The minimum atomic E-state index is -0.410. The van der Waals surface area contributed by atoms with Crippen molar-refractivity contribution in [3.63, 3.8) is 0 Å². The lowest BCUT2D eigenvalue weighted by Crippen LogP contribution is -1.94. The molecule has 0 amide bonds. The molecule has 0 bridgehead atoms. The second-order valence-electron chi connectivity index (χ2n) is 3.74. The Morgan fingerprint density at radius 2 is 1.88 bits per heavy atom. The molecule has 84 valence electrons. The standard InChI is InChI=1S/C12H8N2O2S/c13-9-6-5-8-7-3-1-2-4-10(7)17-12(8)11(9)14(15)16/h1-6H,13H2. The number of nitro benzene ring substituents is 1. The summed E-state index contributed by atoms with van der Waals surface area (Å²) in [5.74, 6) is 0. The van der Waals surface area contributed by atoms with E-state index in [0.717, 1.165) is 15.5 Å². The number of thiophene rings is 1. The van der Waals surface area contributed by atoms with Gasteiger partial charge in [-0.3, -0.25) is 10.1 Å². The van der Waals surface area contributed by atoms with Crippen LogP contribution in [0.3, 0.4) is 0 Å². The van der Waals surface area contributed by atoms with E-state index in [4.69, 9.17) is 5.73 Å². The van der Waals surface area contributed by atoms with Crippen LogP contribution in [0, 0.1) is 10.1 Å². The number of nitrogens with two attached hydrogens (primary N) is 1. The molecule has 0 atom stereocenters. The Hall–Kier alpha value is -2.14. The van der Waals surface area contributed by atoms with Gasteiger partial charge in [0.05, 0.1) is 4.92 Å². The first-order valence-corrected chi connectivity index (χ1v) is 5.84. The molecule has 1 aromatic heterocycles. The average Bonchev–Trinajstić information content (AvgIpc) is 2.66. The smallest absolute Gasteiger partial charge is 0.309 e. The molecule has 3 rings (SSSR count). The van der Waals surface area contributed by atoms with Crippen LogP contribution in [0.25, 0.3) is 20.2 Å². The van der Waals surface area contributed by atoms with Gasteiger partial charge in [0, 0.05) is 15.5 Å². The van der Waals surface area contributed by atoms with Crippen LogP contribution in [0.2, 0.25) is 0 Å². The van der Waals surface area contributed by atoms with Gasteiger partial charge in [0.25, 0.3) is 0 Å². The lowest BCUT2D eigenvalue weighted by Gasteiger charge is -1.97. The third kappa shape index (κ3) is 1.36. The molecule has 0 spiro atoms. The van der Waals surface area contributed by atoms with Gasteiger partial charge in [0.2, 0.25) is 0 Å². The summed E-state index contributed by atoms with van der Waals surface area (Å²) in [4.78, 5) is 10.6. The number of rotatable bonds is 1. The molecular formula is C12H8N2O2S. The van der Waals surface area contributed by atoms with E-state index in [9.17, 15) is 10.1 Å². The van der Waals surface area contributed by atoms with Gasteiger partial charge in [0.15, 0.2) is 0 Å². The molecule has 2 N–H and O–H groups in total. The summed E-state index contributed by atoms with van der Waals surface area (Å²) in [5, 5.41) is 13.0. The minimum Gasteiger partial charge on any atom is -0.393 e. The molecule has 1 heterocycles. The van der Waals surface area contributed by atoms with Crippen molar-refractivity contribution in [3.05, 3.63) is 46.5 Å². The highest BCUT2D eigenvalue weighted by Gasteiger charge is 2.19. The number of nitro groups is 1. The molecule has 0 aliphatic heterocycles. The monoisotopic (exact) mass is 244 g/mol. The van der Waals surface area contributed by atoms with Gasteiger partial charge < -0.3 is 5.73 Å². The quantitative estimate of drug-likeness (QED) is 0.404. The third-order valence-electron chi connectivity index (χ3n) is 2.73. The number of nitrogens with zero attached hydrogens (tertiary/aromatic N) is 1. The maximum Gasteiger partial charge on any atom is 0.309 e. The first kappa shape index (κ1) is 10.0. The molecule has 0 aliphatic rings. The number of hydrogen-bond donors (Lipinski definition) is 1. The van der Waals surface area contributed by atoms with Gasteiger partial charge in [0.1, 0.15) is 10.4 Å². The topological polar surface area (TPSA) is 69.2 Å². The van der Waals surface area contributed by atoms with Crippen molar-refractivity contribution in [2.45, 2.75) is 0 Å². The largest absolute Gasteiger partial charge is 0.393 e. The molecule has 17 heavy (non-hydrogen) atoms. The van der Waals surface area contributed by atoms with E-state index in [-0.39, 0.29) is 11.4 Å². The van der Waals surface area contributed by atoms with Crippen LogP contribution in [0.5, 0.6) is 0 Å². The van der Waals surface area contributed by atoms with Crippen LogP contribution in [0.4, 0.5) is 11.4 Å². The third-order valence-corrected chi connectivity index (χ3v) is 3.93. The summed E-state index contributed by atoms with van der Waals surface area (Å²) in [6.45, 7) is 0. The van der Waals surface area contributed by atoms with Crippen molar-refractivity contribution in [2.75, 3.05) is 5.73 Å². The summed E-state index contributed by atoms with van der Waals surface area (Å²) >= 11 is 1.41. The zero-order valence-electron chi connectivity index (χ0n) is 8.71. The Kier molecular flexibility index (Phi) is 2.02. The molecule has 0 unspecified atom stereocenters. The highest BCUT2D eigenvalue weighted by Crippen LogP contribution is 2.41. The van der Waals surface area contributed by atoms with Crippen LogP contribution < -0.4 is 5.73 Å². The summed E-state index contributed by atoms with van der Waals surface area (Å²) in [5.41, 5.74) is 5.91. The van der Waals surface area contributed by atoms with Crippen molar-refractivity contribution in [1.82, 2.24) is 0 Å². The number of benzene rings is 2. The summed E-state index contributed by atoms with van der Waals surface area (Å²) < 4.78 is 1.69. The minimum absolute atomic E-state index is 0.0173. The fourth-order valence-electron chi connectivity index (χ4n) is 1.98. The van der Waals surface area contributed by atoms with Crippen molar-refractivity contribution in [1.29, 1.82) is 0 Å². The van der Waals surface area contributed by atoms with Crippen LogP contribution in [0.1, 0.15) is 0 Å². The van der Waals surface area contributed by atoms with E-state index in [1.807, 2.05) is 30.3 Å². The first-order valence-electron chi connectivity index (χ1n) is 5.02. The fraction of sp³-hybridized carbons (Fsp3) is 0. The highest BCUT2D eigenvalue weighted by molar-refractivity contribution is 7.26. The van der Waals surface area contributed by atoms with E-state index in [0.29, 0.717) is 4.70 Å². The second kappa shape index (κ2) is 3.43. The van der Waals surface area contributed by atoms with E-state index >= 15 is 0 Å². The Balaban J connectivity index is 2.56. The Labute approximate surface area is 100 Å². The number of fused-ring (bicyclic) bond motifs is 3. The number of anilines is 1. The van der Waals surface area contributed by atoms with Gasteiger partial charge in [-0.1, -0.05) is 24.3 Å². The predicted molar refractivity (Wildman–Crippen MR) is 70.4 cm³/mol. The van der Waals surface area contributed by atoms with Gasteiger partial charge in [-0.15, -0.1) is 11.3 Å². The Morgan fingerprint density at radius 3 is 2.65 bits per heavy atom. The zero-order valence-corrected chi connectivity index (χ0v) is 9.53. The maximum absolute atomic E-state index is 11.0. The van der Waals surface area contributed by atoms with E-state index in [1.54, 1.807) is 6.07 Å². The molecule has 5 heteroatoms. The molecule has 4 nitrogen and oxygen atoms in total. The van der Waals surface area contributed by atoms with Gasteiger partial charge in [-0.05, 0) is 12.1 Å². The van der Waals surface area contributed by atoms with Crippen LogP contribution in [-0.4, -0.2) is 4.92 Å². The van der Waals surface area contributed by atoms with Crippen LogP contribution >= 0.6 is 11.3 Å². The normalized spacial score (nSPS) is 11.1. The SMILES string of the molecule is Nc1ccc2c(sc3ccccc32)c1[N+](=O)[O-]. The summed E-state index contributed by atoms with van der Waals surface area (Å²) in [6, 6.07) is 11.2. The average molecular weight is 244 g/mol. The molecular weight excluding hydrogens is 236 g/mol. The molecule has 2 aromatic carbocycles. The zero-order chi connectivity index (χ0) is 12.0. The van der Waals surface area contributed by atoms with E-state index in [1.165, 1.54) is 11.3 Å². The van der Waals surface area contributed by atoms with Gasteiger partial charge >= 0.3 is 5.69 Å². The van der Waals surface area contributed by atoms with Crippen molar-refractivity contribution >= 4 is 42.9 Å². The number of hydrogen-bond acceptors (Lipinski definition) is 4. The Morgan fingerprint density at radius 1 is 1.12 bits per heavy atom. The molecule has 0 aliphatic carbocycles. The summed E-state index contributed by atoms with van der Waals surface area (Å²) in [6.07, 6.45) is 0. The Bertz CT molecular complexity index is 749. The van der Waals surface area contributed by atoms with Crippen molar-refractivity contribution < 1.29 is 4.92 Å². The van der Waals surface area contributed by atoms with Gasteiger partial charge in [-0.2, -0.15) is 0 Å². The second-order valence-corrected chi connectivity index (χ2v) is 4.79. The highest BCUT2D eigenvalue weighted by atomic mass is 32.1. The molecule has 0 saturated carbocycles. The maximum atomic E-state index is 11.0. The first-order chi connectivity index (χ1) is 8.18. The van der Waals surface area contributed by atoms with E-state index in [2.05, 4.69) is 0 Å². The summed E-state index contributed by atoms with van der Waals surface area (Å²) in [7, 11) is 0. The fourth-order valence-corrected chi connectivity index (χ4v) is 3.21. The molecule has 0 radical (unpaired) electrons. The van der Waals surface area contributed by atoms with E-state index < -0.39 is 4.92 Å². The van der Waals surface area contributed by atoms with Crippen LogP contribution in [0.15, 0.2) is 36.4 Å². The molecule has 0 fully saturated rings. The lowest BCUT2D eigenvalue weighted by molar-refractivity contribution is -0.381. The van der Waals surface area contributed by atoms with Crippen molar-refractivity contribution in [2.24, 2.45) is 0 Å².